The van der Waals surface area contributed by atoms with Gasteiger partial charge in [-0.05, 0) is 47.1 Å². The number of amides is 1. The van der Waals surface area contributed by atoms with Gasteiger partial charge >= 0.3 is 0 Å². The second-order valence-electron chi connectivity index (χ2n) is 4.72. The molecule has 0 aliphatic carbocycles. The molecular formula is C16H15BrN2O2S2. The van der Waals surface area contributed by atoms with Crippen molar-refractivity contribution in [2.45, 2.75) is 13.5 Å². The number of benzene rings is 1. The molecule has 0 saturated heterocycles. The fourth-order valence-corrected chi connectivity index (χ4v) is 4.52. The first-order valence-corrected chi connectivity index (χ1v) is 9.62. The number of nitrogens with zero attached hydrogens (tertiary/aromatic N) is 2. The van der Waals surface area contributed by atoms with E-state index in [-0.39, 0.29) is 5.91 Å². The van der Waals surface area contributed by atoms with Crippen LogP contribution in [0.25, 0.3) is 10.2 Å². The monoisotopic (exact) mass is 410 g/mol. The number of thiophene rings is 1. The fraction of sp³-hybridized carbons (Fsp3) is 0.250. The smallest absolute Gasteiger partial charge is 0.289 e. The van der Waals surface area contributed by atoms with Gasteiger partial charge in [0.1, 0.15) is 0 Å². The second-order valence-corrected chi connectivity index (χ2v) is 8.19. The third-order valence-corrected chi connectivity index (χ3v) is 5.90. The van der Waals surface area contributed by atoms with E-state index in [0.717, 1.165) is 14.0 Å². The number of fused-ring (bicyclic) bond motifs is 1. The van der Waals surface area contributed by atoms with Crippen LogP contribution in [0.1, 0.15) is 16.6 Å². The lowest BCUT2D eigenvalue weighted by atomic mass is 10.3. The Kier molecular flexibility index (Phi) is 5.42. The quantitative estimate of drug-likeness (QED) is 0.588. The summed E-state index contributed by atoms with van der Waals surface area (Å²) in [6.45, 7) is 3.93. The molecule has 2 aromatic heterocycles. The number of hydrogen-bond acceptors (Lipinski definition) is 4. The fourth-order valence-electron chi connectivity index (χ4n) is 2.19. The van der Waals surface area contributed by atoms with Crippen molar-refractivity contribution in [2.24, 2.45) is 4.99 Å². The largest absolute Gasteiger partial charge is 0.380 e. The average molecular weight is 411 g/mol. The summed E-state index contributed by atoms with van der Waals surface area (Å²) < 4.78 is 9.55. The van der Waals surface area contributed by atoms with E-state index in [1.807, 2.05) is 37.3 Å². The van der Waals surface area contributed by atoms with Crippen molar-refractivity contribution in [3.63, 3.8) is 0 Å². The van der Waals surface area contributed by atoms with Crippen LogP contribution in [0, 0.1) is 0 Å². The van der Waals surface area contributed by atoms with Crippen LogP contribution >= 0.6 is 38.6 Å². The van der Waals surface area contributed by atoms with Crippen LogP contribution in [0.15, 0.2) is 45.2 Å². The summed E-state index contributed by atoms with van der Waals surface area (Å²) in [5.74, 6) is -0.211. The molecule has 0 spiro atoms. The van der Waals surface area contributed by atoms with Crippen molar-refractivity contribution in [2.75, 3.05) is 13.2 Å². The third kappa shape index (κ3) is 3.80. The van der Waals surface area contributed by atoms with Crippen molar-refractivity contribution in [1.29, 1.82) is 0 Å². The Hall–Kier alpha value is -1.28. The van der Waals surface area contributed by atoms with E-state index in [0.29, 0.717) is 29.4 Å². The molecule has 0 bridgehead atoms. The predicted octanol–water partition coefficient (Wildman–Crippen LogP) is 4.30. The summed E-state index contributed by atoms with van der Waals surface area (Å²) in [5, 5.41) is 0. The Morgan fingerprint density at radius 1 is 1.26 bits per heavy atom. The highest BCUT2D eigenvalue weighted by Gasteiger charge is 2.10. The van der Waals surface area contributed by atoms with Gasteiger partial charge in [-0.2, -0.15) is 4.99 Å². The van der Waals surface area contributed by atoms with Gasteiger partial charge in [0.2, 0.25) is 0 Å². The number of rotatable bonds is 5. The molecule has 0 radical (unpaired) electrons. The number of para-hydroxylation sites is 1. The standard InChI is InChI=1S/C16H15BrN2O2S2/c1-2-21-10-9-19-11-5-3-4-6-12(11)23-16(19)18-15(20)13-7-8-14(17)22-13/h3-8H,2,9-10H2,1H3. The van der Waals surface area contributed by atoms with Gasteiger partial charge in [-0.3, -0.25) is 4.79 Å². The zero-order valence-corrected chi connectivity index (χ0v) is 15.7. The van der Waals surface area contributed by atoms with Crippen LogP contribution in [0.2, 0.25) is 0 Å². The first-order valence-electron chi connectivity index (χ1n) is 7.19. The molecule has 0 saturated carbocycles. The summed E-state index contributed by atoms with van der Waals surface area (Å²) >= 11 is 6.29. The molecule has 7 heteroatoms. The molecule has 0 N–H and O–H groups in total. The maximum absolute atomic E-state index is 12.4. The van der Waals surface area contributed by atoms with Crippen molar-refractivity contribution >= 4 is 54.7 Å². The van der Waals surface area contributed by atoms with E-state index in [9.17, 15) is 4.79 Å². The number of carbonyl (C=O) groups excluding carboxylic acids is 1. The predicted molar refractivity (Wildman–Crippen MR) is 98.2 cm³/mol. The van der Waals surface area contributed by atoms with Crippen LogP contribution < -0.4 is 4.80 Å². The lowest BCUT2D eigenvalue weighted by Crippen LogP contribution is -2.19. The number of halogens is 1. The van der Waals surface area contributed by atoms with E-state index in [1.54, 1.807) is 6.07 Å². The van der Waals surface area contributed by atoms with Gasteiger partial charge in [0.05, 0.1) is 25.5 Å². The summed E-state index contributed by atoms with van der Waals surface area (Å²) in [5.41, 5.74) is 1.08. The van der Waals surface area contributed by atoms with Crippen molar-refractivity contribution < 1.29 is 9.53 Å². The van der Waals surface area contributed by atoms with Crippen LogP contribution in [-0.4, -0.2) is 23.7 Å². The molecular weight excluding hydrogens is 396 g/mol. The summed E-state index contributed by atoms with van der Waals surface area (Å²) in [6, 6.07) is 11.7. The lowest BCUT2D eigenvalue weighted by Gasteiger charge is -2.05. The molecule has 2 heterocycles. The van der Waals surface area contributed by atoms with Crippen LogP contribution in [0.3, 0.4) is 0 Å². The van der Waals surface area contributed by atoms with Gasteiger partial charge in [0.25, 0.3) is 5.91 Å². The molecule has 0 unspecified atom stereocenters. The maximum atomic E-state index is 12.4. The zero-order valence-electron chi connectivity index (χ0n) is 12.5. The molecule has 1 amide bonds. The lowest BCUT2D eigenvalue weighted by molar-refractivity contribution is 0.100. The zero-order chi connectivity index (χ0) is 16.2. The molecule has 4 nitrogen and oxygen atoms in total. The van der Waals surface area contributed by atoms with Gasteiger partial charge in [-0.25, -0.2) is 0 Å². The molecule has 3 rings (SSSR count). The van der Waals surface area contributed by atoms with E-state index in [4.69, 9.17) is 4.74 Å². The normalized spacial score (nSPS) is 12.2. The van der Waals surface area contributed by atoms with Gasteiger partial charge < -0.3 is 9.30 Å². The highest BCUT2D eigenvalue weighted by Crippen LogP contribution is 2.23. The number of ether oxygens (including phenoxy) is 1. The van der Waals surface area contributed by atoms with E-state index < -0.39 is 0 Å². The van der Waals surface area contributed by atoms with Crippen molar-refractivity contribution in [1.82, 2.24) is 4.57 Å². The Morgan fingerprint density at radius 3 is 2.83 bits per heavy atom. The molecule has 0 aliphatic rings. The van der Waals surface area contributed by atoms with Gasteiger partial charge in [0.15, 0.2) is 4.80 Å². The SMILES string of the molecule is CCOCCn1c(=NC(=O)c2ccc(Br)s2)sc2ccccc21. The average Bonchev–Trinajstić information content (AvgIpc) is 3.12. The van der Waals surface area contributed by atoms with E-state index in [1.165, 1.54) is 22.7 Å². The third-order valence-electron chi connectivity index (χ3n) is 3.23. The number of hydrogen-bond donors (Lipinski definition) is 0. The summed E-state index contributed by atoms with van der Waals surface area (Å²) in [4.78, 5) is 18.0. The molecule has 0 atom stereocenters. The van der Waals surface area contributed by atoms with Crippen molar-refractivity contribution in [3.8, 4) is 0 Å². The minimum Gasteiger partial charge on any atom is -0.380 e. The van der Waals surface area contributed by atoms with Gasteiger partial charge in [-0.1, -0.05) is 23.5 Å². The van der Waals surface area contributed by atoms with Gasteiger partial charge in [-0.15, -0.1) is 11.3 Å². The topological polar surface area (TPSA) is 43.6 Å². The number of carbonyl (C=O) groups is 1. The highest BCUT2D eigenvalue weighted by atomic mass is 79.9. The Bertz CT molecular complexity index is 895. The van der Waals surface area contributed by atoms with Crippen LogP contribution in [0.4, 0.5) is 0 Å². The number of thiazole rings is 1. The highest BCUT2D eigenvalue weighted by molar-refractivity contribution is 9.11. The van der Waals surface area contributed by atoms with E-state index >= 15 is 0 Å². The van der Waals surface area contributed by atoms with Gasteiger partial charge in [0, 0.05) is 13.2 Å². The second kappa shape index (κ2) is 7.53. The minimum atomic E-state index is -0.211. The summed E-state index contributed by atoms with van der Waals surface area (Å²) in [7, 11) is 0. The molecule has 0 fully saturated rings. The maximum Gasteiger partial charge on any atom is 0.289 e. The molecule has 120 valence electrons. The van der Waals surface area contributed by atoms with Crippen LogP contribution in [0.5, 0.6) is 0 Å². The van der Waals surface area contributed by atoms with Crippen molar-refractivity contribution in [3.05, 3.63) is 49.9 Å². The first-order chi connectivity index (χ1) is 11.2. The Morgan fingerprint density at radius 2 is 2.09 bits per heavy atom. The first kappa shape index (κ1) is 16.6. The molecule has 3 aromatic rings. The summed E-state index contributed by atoms with van der Waals surface area (Å²) in [6.07, 6.45) is 0. The molecule has 23 heavy (non-hydrogen) atoms. The molecule has 1 aromatic carbocycles. The van der Waals surface area contributed by atoms with Crippen LogP contribution in [-0.2, 0) is 11.3 Å². The molecule has 0 aliphatic heterocycles. The Labute approximate surface area is 150 Å². The number of aromatic nitrogens is 1. The minimum absolute atomic E-state index is 0.211. The Balaban J connectivity index is 2.02. The van der Waals surface area contributed by atoms with E-state index in [2.05, 4.69) is 25.5 Å².